The highest BCUT2D eigenvalue weighted by atomic mass is 35.5. The number of amides is 2. The van der Waals surface area contributed by atoms with Gasteiger partial charge in [0.1, 0.15) is 0 Å². The molecule has 3 rings (SSSR count). The first-order valence-electron chi connectivity index (χ1n) is 10.1. The highest BCUT2D eigenvalue weighted by molar-refractivity contribution is 6.34. The molecule has 29 heavy (non-hydrogen) atoms. The molecule has 0 bridgehead atoms. The van der Waals surface area contributed by atoms with Crippen LogP contribution in [0.25, 0.3) is 0 Å². The van der Waals surface area contributed by atoms with Gasteiger partial charge in [0, 0.05) is 25.2 Å². The maximum atomic E-state index is 12.7. The quantitative estimate of drug-likeness (QED) is 0.580. The molecule has 9 heteroatoms. The van der Waals surface area contributed by atoms with E-state index in [4.69, 9.17) is 11.6 Å². The number of quaternary nitrogens is 1. The summed E-state index contributed by atoms with van der Waals surface area (Å²) in [5.74, 6) is 1.04. The van der Waals surface area contributed by atoms with E-state index in [0.717, 1.165) is 13.1 Å². The number of nitro groups is 1. The lowest BCUT2D eigenvalue weighted by atomic mass is 9.92. The highest BCUT2D eigenvalue weighted by Gasteiger charge is 2.31. The smallest absolute Gasteiger partial charge is 0.277 e. The van der Waals surface area contributed by atoms with Gasteiger partial charge in [0.2, 0.25) is 0 Å². The lowest BCUT2D eigenvalue weighted by Gasteiger charge is -2.37. The molecule has 0 radical (unpaired) electrons. The molecule has 2 heterocycles. The molecule has 0 unspecified atom stereocenters. The van der Waals surface area contributed by atoms with Crippen molar-refractivity contribution < 1.29 is 19.4 Å². The van der Waals surface area contributed by atoms with E-state index in [1.807, 2.05) is 4.90 Å². The van der Waals surface area contributed by atoms with Crippen LogP contribution in [0, 0.1) is 22.0 Å². The molecule has 2 fully saturated rings. The normalized spacial score (nSPS) is 23.1. The molecule has 0 aromatic heterocycles. The zero-order chi connectivity index (χ0) is 21.1. The third-order valence-electron chi connectivity index (χ3n) is 5.77. The third-order valence-corrected chi connectivity index (χ3v) is 6.09. The predicted molar refractivity (Wildman–Crippen MR) is 109 cm³/mol. The van der Waals surface area contributed by atoms with Gasteiger partial charge in [-0.2, -0.15) is 0 Å². The van der Waals surface area contributed by atoms with Crippen LogP contribution >= 0.6 is 11.6 Å². The summed E-state index contributed by atoms with van der Waals surface area (Å²) in [4.78, 5) is 40.6. The van der Waals surface area contributed by atoms with E-state index in [9.17, 15) is 19.7 Å². The van der Waals surface area contributed by atoms with E-state index in [1.165, 1.54) is 29.5 Å². The predicted octanol–water partition coefficient (Wildman–Crippen LogP) is 1.09. The number of carbonyl (C=O) groups is 2. The molecule has 0 spiro atoms. The molecule has 2 saturated heterocycles. The van der Waals surface area contributed by atoms with Gasteiger partial charge < -0.3 is 14.7 Å². The van der Waals surface area contributed by atoms with Crippen LogP contribution in [0.3, 0.4) is 0 Å². The number of benzene rings is 1. The summed E-state index contributed by atoms with van der Waals surface area (Å²) in [7, 11) is 0. The Bertz CT molecular complexity index is 785. The topological polar surface area (TPSA) is 88.2 Å². The zero-order valence-electron chi connectivity index (χ0n) is 16.9. The first kappa shape index (κ1) is 21.5. The van der Waals surface area contributed by atoms with Crippen molar-refractivity contribution >= 4 is 29.1 Å². The standard InChI is InChI=1S/C20H27ClN4O4/c1-14-9-15(2)12-24(11-14)19(26)13-22-5-7-23(8-6-22)20(27)17-4-3-16(25(28)29)10-18(17)21/h3-4,10,14-15H,5-9,11-13H2,1-2H3/p+1/t14-,15+. The summed E-state index contributed by atoms with van der Waals surface area (Å²) < 4.78 is 0. The van der Waals surface area contributed by atoms with Gasteiger partial charge in [-0.05, 0) is 24.3 Å². The minimum Gasteiger partial charge on any atom is -0.337 e. The molecule has 2 aliphatic heterocycles. The average molecular weight is 424 g/mol. The van der Waals surface area contributed by atoms with Crippen LogP contribution < -0.4 is 4.90 Å². The minimum atomic E-state index is -0.539. The van der Waals surface area contributed by atoms with Gasteiger partial charge in [-0.3, -0.25) is 19.7 Å². The van der Waals surface area contributed by atoms with Gasteiger partial charge in [0.25, 0.3) is 17.5 Å². The van der Waals surface area contributed by atoms with Crippen molar-refractivity contribution in [2.75, 3.05) is 45.8 Å². The van der Waals surface area contributed by atoms with E-state index in [1.54, 1.807) is 4.90 Å². The second-order valence-corrected chi connectivity index (χ2v) is 8.79. The van der Waals surface area contributed by atoms with Crippen molar-refractivity contribution in [3.63, 3.8) is 0 Å². The SMILES string of the molecule is C[C@@H]1C[C@H](C)CN(C(=O)C[NH+]2CCN(C(=O)c3ccc([N+](=O)[O-])cc3Cl)CC2)C1. The number of nitrogens with one attached hydrogen (secondary N) is 1. The molecular weight excluding hydrogens is 396 g/mol. The van der Waals surface area contributed by atoms with Crippen LogP contribution in [0.1, 0.15) is 30.6 Å². The van der Waals surface area contributed by atoms with E-state index in [2.05, 4.69) is 13.8 Å². The van der Waals surface area contributed by atoms with Crippen LogP contribution in [-0.2, 0) is 4.79 Å². The number of piperidine rings is 1. The van der Waals surface area contributed by atoms with Crippen molar-refractivity contribution in [1.82, 2.24) is 9.80 Å². The number of hydrogen-bond acceptors (Lipinski definition) is 4. The summed E-state index contributed by atoms with van der Waals surface area (Å²) in [5, 5.41) is 10.9. The molecule has 2 aliphatic rings. The van der Waals surface area contributed by atoms with Crippen molar-refractivity contribution in [2.45, 2.75) is 20.3 Å². The Morgan fingerprint density at radius 1 is 1.17 bits per heavy atom. The molecule has 0 aliphatic carbocycles. The van der Waals surface area contributed by atoms with E-state index < -0.39 is 4.92 Å². The second-order valence-electron chi connectivity index (χ2n) is 8.39. The largest absolute Gasteiger partial charge is 0.337 e. The fourth-order valence-corrected chi connectivity index (χ4v) is 4.61. The summed E-state index contributed by atoms with van der Waals surface area (Å²) in [6, 6.07) is 3.90. The maximum absolute atomic E-state index is 12.7. The van der Waals surface area contributed by atoms with E-state index >= 15 is 0 Å². The van der Waals surface area contributed by atoms with Crippen LogP contribution in [0.4, 0.5) is 5.69 Å². The number of piperazine rings is 1. The van der Waals surface area contributed by atoms with Gasteiger partial charge in [-0.25, -0.2) is 0 Å². The van der Waals surface area contributed by atoms with Crippen LogP contribution in [0.5, 0.6) is 0 Å². The summed E-state index contributed by atoms with van der Waals surface area (Å²) in [5.41, 5.74) is 0.133. The van der Waals surface area contributed by atoms with Gasteiger partial charge >= 0.3 is 0 Å². The molecule has 2 amide bonds. The highest BCUT2D eigenvalue weighted by Crippen LogP contribution is 2.24. The number of halogens is 1. The van der Waals surface area contributed by atoms with Crippen LogP contribution in [0.2, 0.25) is 5.02 Å². The Hall–Kier alpha value is -2.19. The van der Waals surface area contributed by atoms with Crippen molar-refractivity contribution in [3.8, 4) is 0 Å². The van der Waals surface area contributed by atoms with E-state index in [-0.39, 0.29) is 28.1 Å². The van der Waals surface area contributed by atoms with Crippen molar-refractivity contribution in [1.29, 1.82) is 0 Å². The summed E-state index contributed by atoms with van der Waals surface area (Å²) in [6.07, 6.45) is 1.17. The van der Waals surface area contributed by atoms with Gasteiger partial charge in [-0.15, -0.1) is 0 Å². The Morgan fingerprint density at radius 3 is 2.34 bits per heavy atom. The first-order chi connectivity index (χ1) is 13.7. The van der Waals surface area contributed by atoms with Gasteiger partial charge in [-0.1, -0.05) is 25.4 Å². The second kappa shape index (κ2) is 9.09. The Kier molecular flexibility index (Phi) is 6.74. The fraction of sp³-hybridized carbons (Fsp3) is 0.600. The number of nitrogens with zero attached hydrogens (tertiary/aromatic N) is 3. The molecule has 1 aromatic rings. The van der Waals surface area contributed by atoms with Gasteiger partial charge in [0.15, 0.2) is 6.54 Å². The van der Waals surface area contributed by atoms with Crippen molar-refractivity contribution in [2.24, 2.45) is 11.8 Å². The molecule has 2 atom stereocenters. The van der Waals surface area contributed by atoms with Crippen molar-refractivity contribution in [3.05, 3.63) is 38.9 Å². The minimum absolute atomic E-state index is 0.0856. The number of rotatable bonds is 4. The number of likely N-dealkylation sites (tertiary alicyclic amines) is 1. The number of non-ortho nitro benzene ring substituents is 1. The Balaban J connectivity index is 1.53. The number of nitro benzene ring substituents is 1. The van der Waals surface area contributed by atoms with Gasteiger partial charge in [0.05, 0.1) is 41.7 Å². The third kappa shape index (κ3) is 5.25. The molecule has 1 N–H and O–H groups in total. The monoisotopic (exact) mass is 423 g/mol. The average Bonchev–Trinajstić information content (AvgIpc) is 2.67. The summed E-state index contributed by atoms with van der Waals surface area (Å²) in [6.45, 7) is 8.96. The molecule has 158 valence electrons. The van der Waals surface area contributed by atoms with Crippen LogP contribution in [-0.4, -0.2) is 72.4 Å². The summed E-state index contributed by atoms with van der Waals surface area (Å²) >= 11 is 6.09. The van der Waals surface area contributed by atoms with E-state index in [0.29, 0.717) is 44.6 Å². The Morgan fingerprint density at radius 2 is 1.79 bits per heavy atom. The Labute approximate surface area is 175 Å². The number of hydrogen-bond donors (Lipinski definition) is 1. The lowest BCUT2D eigenvalue weighted by Crippen LogP contribution is -3.15. The lowest BCUT2D eigenvalue weighted by molar-refractivity contribution is -0.896. The first-order valence-corrected chi connectivity index (χ1v) is 10.5. The molecular formula is C20H28ClN4O4+. The fourth-order valence-electron chi connectivity index (χ4n) is 4.36. The maximum Gasteiger partial charge on any atom is 0.277 e. The molecule has 1 aromatic carbocycles. The molecule has 0 saturated carbocycles. The number of carbonyl (C=O) groups excluding carboxylic acids is 2. The molecule has 8 nitrogen and oxygen atoms in total. The zero-order valence-corrected chi connectivity index (χ0v) is 17.7. The van der Waals surface area contributed by atoms with Crippen LogP contribution in [0.15, 0.2) is 18.2 Å².